The number of fused-ring (bicyclic) bond motifs is 8. The predicted octanol–water partition coefficient (Wildman–Crippen LogP) is 17.8. The van der Waals surface area contributed by atoms with Crippen LogP contribution >= 0.6 is 0 Å². The zero-order valence-electron chi connectivity index (χ0n) is 37.3. The monoisotopic (exact) mass is 859 g/mol. The van der Waals surface area contributed by atoms with Gasteiger partial charge in [-0.1, -0.05) is 172 Å². The van der Waals surface area contributed by atoms with Crippen LogP contribution in [0.5, 0.6) is 11.5 Å². The second-order valence-corrected chi connectivity index (χ2v) is 18.1. The van der Waals surface area contributed by atoms with Crippen LogP contribution in [0.15, 0.2) is 224 Å². The lowest BCUT2D eigenvalue weighted by atomic mass is 9.81. The summed E-state index contributed by atoms with van der Waals surface area (Å²) in [5.41, 5.74) is 19.9. The fraction of sp³-hybridized carbons (Fsp3) is 0.0476. The lowest BCUT2D eigenvalue weighted by molar-refractivity contribution is 0.477. The van der Waals surface area contributed by atoms with E-state index in [2.05, 4.69) is 241 Å². The summed E-state index contributed by atoms with van der Waals surface area (Å²) >= 11 is 0. The van der Waals surface area contributed by atoms with Gasteiger partial charge in [0, 0.05) is 22.2 Å². The quantitative estimate of drug-likeness (QED) is 0.155. The van der Waals surface area contributed by atoms with Crippen LogP contribution in [0.4, 0.5) is 51.2 Å². The van der Waals surface area contributed by atoms with Gasteiger partial charge in [-0.25, -0.2) is 0 Å². The molecule has 0 bridgehead atoms. The van der Waals surface area contributed by atoms with Gasteiger partial charge in [0.15, 0.2) is 11.5 Å². The number of hydrogen-bond acceptors (Lipinski definition) is 4. The van der Waals surface area contributed by atoms with Crippen LogP contribution in [0, 0.1) is 0 Å². The van der Waals surface area contributed by atoms with E-state index in [-0.39, 0.29) is 5.41 Å². The largest absolute Gasteiger partial charge is 0.453 e. The van der Waals surface area contributed by atoms with E-state index >= 15 is 0 Å². The molecule has 2 heterocycles. The molecule has 10 aromatic rings. The Balaban J connectivity index is 0.794. The molecule has 0 atom stereocenters. The Hall–Kier alpha value is -8.60. The van der Waals surface area contributed by atoms with Gasteiger partial charge in [-0.05, 0) is 129 Å². The minimum atomic E-state index is -0.181. The molecule has 0 saturated carbocycles. The summed E-state index contributed by atoms with van der Waals surface area (Å²) in [6, 6.07) is 81.0. The highest BCUT2D eigenvalue weighted by molar-refractivity contribution is 6.10. The summed E-state index contributed by atoms with van der Waals surface area (Å²) in [4.78, 5) is 7.14. The van der Waals surface area contributed by atoms with E-state index in [4.69, 9.17) is 4.74 Å². The number of nitrogens with zero attached hydrogens (tertiary/aromatic N) is 3. The Bertz CT molecular complexity index is 3520. The van der Waals surface area contributed by atoms with Crippen LogP contribution in [0.2, 0.25) is 0 Å². The summed E-state index contributed by atoms with van der Waals surface area (Å²) in [7, 11) is 0. The third-order valence-electron chi connectivity index (χ3n) is 13.9. The van der Waals surface area contributed by atoms with Crippen LogP contribution in [0.1, 0.15) is 36.1 Å². The van der Waals surface area contributed by atoms with Gasteiger partial charge < -0.3 is 19.4 Å². The number of hydrogen-bond donors (Lipinski definition) is 0. The summed E-state index contributed by atoms with van der Waals surface area (Å²) in [5, 5.41) is 2.42. The molecule has 13 rings (SSSR count). The van der Waals surface area contributed by atoms with E-state index in [1.807, 2.05) is 24.3 Å². The highest BCUT2D eigenvalue weighted by atomic mass is 16.5. The van der Waals surface area contributed by atoms with E-state index in [9.17, 15) is 0 Å². The van der Waals surface area contributed by atoms with Crippen molar-refractivity contribution in [2.45, 2.75) is 19.3 Å². The smallest absolute Gasteiger partial charge is 0.151 e. The average Bonchev–Trinajstić information content (AvgIpc) is 3.61. The number of benzene rings is 10. The summed E-state index contributed by atoms with van der Waals surface area (Å²) in [6.07, 6.45) is 4.48. The maximum absolute atomic E-state index is 6.33. The fourth-order valence-electron chi connectivity index (χ4n) is 10.7. The maximum Gasteiger partial charge on any atom is 0.151 e. The number of ether oxygens (including phenoxy) is 1. The van der Waals surface area contributed by atoms with Crippen molar-refractivity contribution in [1.82, 2.24) is 0 Å². The van der Waals surface area contributed by atoms with Crippen molar-refractivity contribution in [2.24, 2.45) is 0 Å². The van der Waals surface area contributed by atoms with Crippen molar-refractivity contribution in [3.63, 3.8) is 0 Å². The van der Waals surface area contributed by atoms with Gasteiger partial charge in [0.05, 0.1) is 39.8 Å². The van der Waals surface area contributed by atoms with E-state index in [1.54, 1.807) is 0 Å². The van der Waals surface area contributed by atoms with Gasteiger partial charge in [0.2, 0.25) is 0 Å². The first-order valence-corrected chi connectivity index (χ1v) is 23.1. The molecule has 0 spiro atoms. The zero-order valence-corrected chi connectivity index (χ0v) is 37.3. The fourth-order valence-corrected chi connectivity index (χ4v) is 10.7. The highest BCUT2D eigenvalue weighted by Crippen LogP contribution is 2.57. The maximum atomic E-state index is 6.33. The Labute approximate surface area is 391 Å². The molecule has 318 valence electrons. The summed E-state index contributed by atoms with van der Waals surface area (Å²) in [5.74, 6) is 1.72. The normalized spacial score (nSPS) is 13.9. The first-order chi connectivity index (χ1) is 33.0. The highest BCUT2D eigenvalue weighted by Gasteiger charge is 2.37. The molecule has 10 aromatic carbocycles. The number of para-hydroxylation sites is 9. The molecule has 0 aromatic heterocycles. The van der Waals surface area contributed by atoms with Crippen LogP contribution < -0.4 is 19.4 Å². The van der Waals surface area contributed by atoms with Crippen LogP contribution in [0.3, 0.4) is 0 Å². The lowest BCUT2D eigenvalue weighted by Gasteiger charge is -2.40. The Morgan fingerprint density at radius 2 is 0.821 bits per heavy atom. The minimum Gasteiger partial charge on any atom is -0.453 e. The third-order valence-corrected chi connectivity index (χ3v) is 13.9. The Morgan fingerprint density at radius 3 is 1.48 bits per heavy atom. The molecule has 0 N–H and O–H groups in total. The van der Waals surface area contributed by atoms with E-state index < -0.39 is 0 Å². The molecule has 0 saturated heterocycles. The topological polar surface area (TPSA) is 19.0 Å². The molecule has 4 heteroatoms. The molecule has 67 heavy (non-hydrogen) atoms. The van der Waals surface area contributed by atoms with Crippen LogP contribution in [-0.2, 0) is 5.41 Å². The SMILES string of the molecule is CC1(C)c2cc(/C=C/c3ccc(-c4ccc(N5c6ccccc6N(c6ccccc6)c6ccccc65)c5ccccc45)cc3)ccc2-c2ccc(N3c4ccccc4Oc4ccccc43)cc21. The van der Waals surface area contributed by atoms with Crippen molar-refractivity contribution in [1.29, 1.82) is 0 Å². The number of rotatable bonds is 6. The van der Waals surface area contributed by atoms with Crippen molar-refractivity contribution in [3.8, 4) is 33.8 Å². The lowest BCUT2D eigenvalue weighted by Crippen LogP contribution is -2.24. The molecule has 3 aliphatic rings. The molecule has 0 fully saturated rings. The predicted molar refractivity (Wildman–Crippen MR) is 280 cm³/mol. The van der Waals surface area contributed by atoms with Gasteiger partial charge in [-0.2, -0.15) is 0 Å². The molecule has 0 radical (unpaired) electrons. The van der Waals surface area contributed by atoms with Gasteiger partial charge in [-0.15, -0.1) is 0 Å². The molecule has 4 nitrogen and oxygen atoms in total. The van der Waals surface area contributed by atoms with Crippen molar-refractivity contribution >= 4 is 74.1 Å². The summed E-state index contributed by atoms with van der Waals surface area (Å²) < 4.78 is 6.33. The van der Waals surface area contributed by atoms with Crippen molar-refractivity contribution in [3.05, 3.63) is 247 Å². The molecular weight excluding hydrogens is 815 g/mol. The molecular formula is C63H45N3O. The second kappa shape index (κ2) is 15.3. The first kappa shape index (κ1) is 38.8. The van der Waals surface area contributed by atoms with Gasteiger partial charge >= 0.3 is 0 Å². The molecule has 1 aliphatic carbocycles. The minimum absolute atomic E-state index is 0.181. The van der Waals surface area contributed by atoms with Crippen molar-refractivity contribution < 1.29 is 4.74 Å². The number of anilines is 9. The van der Waals surface area contributed by atoms with Gasteiger partial charge in [0.1, 0.15) is 0 Å². The van der Waals surface area contributed by atoms with Crippen LogP contribution in [-0.4, -0.2) is 0 Å². The standard InChI is InChI=1S/C63H45N3O/c1-63(2)52-40-43(32-36-49(52)50-37-35-46(41-53(50)63)65-59-24-12-14-26-61(59)67-62-27-15-13-25-60(62)65)29-28-42-30-33-44(34-31-42)47-38-39-54(51-19-7-6-18-48(47)51)66-57-22-10-8-20-55(57)64(45-16-4-3-5-17-45)56-21-9-11-23-58(56)66/h3-41H,1-2H3/b29-28+. The Kier molecular flexibility index (Phi) is 8.84. The zero-order chi connectivity index (χ0) is 44.6. The van der Waals surface area contributed by atoms with Crippen molar-refractivity contribution in [2.75, 3.05) is 14.7 Å². The van der Waals surface area contributed by atoms with E-state index in [0.717, 1.165) is 68.2 Å². The average molecular weight is 860 g/mol. The summed E-state index contributed by atoms with van der Waals surface area (Å²) in [6.45, 7) is 4.71. The second-order valence-electron chi connectivity index (χ2n) is 18.1. The first-order valence-electron chi connectivity index (χ1n) is 23.1. The van der Waals surface area contributed by atoms with Gasteiger partial charge in [-0.3, -0.25) is 0 Å². The third kappa shape index (κ3) is 6.21. The van der Waals surface area contributed by atoms with E-state index in [0.29, 0.717) is 0 Å². The molecule has 0 amide bonds. The van der Waals surface area contributed by atoms with E-state index in [1.165, 1.54) is 49.7 Å². The van der Waals surface area contributed by atoms with Crippen LogP contribution in [0.25, 0.3) is 45.2 Å². The molecule has 0 unspecified atom stereocenters. The molecule has 2 aliphatic heterocycles. The van der Waals surface area contributed by atoms with Gasteiger partial charge in [0.25, 0.3) is 0 Å². The Morgan fingerprint density at radius 1 is 0.343 bits per heavy atom.